The molecule has 0 unspecified atom stereocenters. The van der Waals surface area contributed by atoms with Crippen LogP contribution in [0.15, 0.2) is 66.7 Å². The number of aliphatic carboxylic acids is 1. The van der Waals surface area contributed by atoms with Gasteiger partial charge in [0.25, 0.3) is 5.91 Å². The monoisotopic (exact) mass is 611 g/mol. The molecule has 3 aliphatic rings. The second-order valence-corrected chi connectivity index (χ2v) is 12.2. The Morgan fingerprint density at radius 1 is 1.04 bits per heavy atom. The molecule has 2 heterocycles. The van der Waals surface area contributed by atoms with Gasteiger partial charge in [0.2, 0.25) is 5.91 Å². The number of aryl methyl sites for hydroxylation is 1. The Hall–Kier alpha value is -4.21. The highest BCUT2D eigenvalue weighted by Gasteiger charge is 2.41. The number of benzene rings is 3. The van der Waals surface area contributed by atoms with Gasteiger partial charge in [-0.1, -0.05) is 48.5 Å². The Balaban J connectivity index is 1.25. The van der Waals surface area contributed by atoms with E-state index in [1.54, 1.807) is 12.0 Å². The van der Waals surface area contributed by atoms with Crippen LogP contribution in [0, 0.1) is 5.92 Å². The highest BCUT2D eigenvalue weighted by atomic mass is 16.5. The van der Waals surface area contributed by atoms with Crippen molar-refractivity contribution in [2.24, 2.45) is 5.92 Å². The Morgan fingerprint density at radius 2 is 1.87 bits per heavy atom. The van der Waals surface area contributed by atoms with E-state index >= 15 is 0 Å². The van der Waals surface area contributed by atoms with Crippen LogP contribution in [0.25, 0.3) is 11.1 Å². The molecule has 236 valence electrons. The van der Waals surface area contributed by atoms with E-state index in [-0.39, 0.29) is 42.7 Å². The topological polar surface area (TPSA) is 108 Å². The minimum Gasteiger partial charge on any atom is -0.482 e. The van der Waals surface area contributed by atoms with Gasteiger partial charge in [-0.2, -0.15) is 0 Å². The molecule has 1 saturated heterocycles. The van der Waals surface area contributed by atoms with Crippen molar-refractivity contribution in [2.45, 2.75) is 50.5 Å². The largest absolute Gasteiger partial charge is 0.482 e. The minimum atomic E-state index is -0.797. The quantitative estimate of drug-likeness (QED) is 0.277. The van der Waals surface area contributed by atoms with Gasteiger partial charge < -0.3 is 29.7 Å². The molecule has 0 spiro atoms. The number of carbonyl (C=O) groups excluding carboxylic acids is 2. The summed E-state index contributed by atoms with van der Waals surface area (Å²) in [5, 5.41) is 12.5. The normalized spacial score (nSPS) is 19.5. The molecule has 0 aromatic heterocycles. The molecule has 6 rings (SSSR count). The van der Waals surface area contributed by atoms with Crippen LogP contribution in [0.4, 0.5) is 11.4 Å². The Kier molecular flexibility index (Phi) is 9.47. The van der Waals surface area contributed by atoms with E-state index in [9.17, 15) is 14.4 Å². The maximum Gasteiger partial charge on any atom is 0.303 e. The predicted molar refractivity (Wildman–Crippen MR) is 173 cm³/mol. The first-order valence-electron chi connectivity index (χ1n) is 15.9. The third-order valence-electron chi connectivity index (χ3n) is 9.07. The standard InChI is InChI=1S/C36H41N3O6/c1-44-19-3-18-38-32-21-29(13-14-33(32)45-23-34(38)40)39(28-11-12-28)36(43)31-22-37-17-16-30(31)27-5-2-4-26(20-27)25-9-6-24(7-10-25)8-15-35(41)42/h2,4-7,9-10,13-14,20-21,28,30-31,37H,3,8,11-12,15-19,22-23H2,1H3,(H,41,42)/t30-,31+/m1/s1. The predicted octanol–water partition coefficient (Wildman–Crippen LogP) is 5.02. The van der Waals surface area contributed by atoms with E-state index in [1.165, 1.54) is 0 Å². The number of piperidine rings is 1. The van der Waals surface area contributed by atoms with Crippen molar-refractivity contribution < 1.29 is 29.0 Å². The number of hydrogen-bond donors (Lipinski definition) is 2. The summed E-state index contributed by atoms with van der Waals surface area (Å²) < 4.78 is 11.0. The molecule has 1 aliphatic carbocycles. The van der Waals surface area contributed by atoms with E-state index in [0.29, 0.717) is 44.0 Å². The molecule has 45 heavy (non-hydrogen) atoms. The van der Waals surface area contributed by atoms with Crippen molar-refractivity contribution in [1.82, 2.24) is 5.32 Å². The Bertz CT molecular complexity index is 1540. The highest BCUT2D eigenvalue weighted by molar-refractivity contribution is 6.01. The number of nitrogens with one attached hydrogen (secondary N) is 1. The second-order valence-electron chi connectivity index (χ2n) is 12.2. The first kappa shape index (κ1) is 30.8. The average Bonchev–Trinajstić information content (AvgIpc) is 3.90. The molecular weight excluding hydrogens is 570 g/mol. The van der Waals surface area contributed by atoms with Gasteiger partial charge >= 0.3 is 5.97 Å². The molecule has 9 heteroatoms. The maximum absolute atomic E-state index is 14.5. The lowest BCUT2D eigenvalue weighted by atomic mass is 9.79. The molecule has 1 saturated carbocycles. The number of carboxylic acids is 1. The molecule has 0 bridgehead atoms. The second kappa shape index (κ2) is 13.8. The molecule has 9 nitrogen and oxygen atoms in total. The molecule has 2 N–H and O–H groups in total. The summed E-state index contributed by atoms with van der Waals surface area (Å²) in [5.74, 6) is -0.303. The van der Waals surface area contributed by atoms with Crippen LogP contribution in [0.2, 0.25) is 0 Å². The van der Waals surface area contributed by atoms with Crippen molar-refractivity contribution in [1.29, 1.82) is 0 Å². The number of hydrogen-bond acceptors (Lipinski definition) is 6. The highest BCUT2D eigenvalue weighted by Crippen LogP contribution is 2.42. The number of methoxy groups -OCH3 is 1. The van der Waals surface area contributed by atoms with Crippen LogP contribution >= 0.6 is 0 Å². The molecule has 3 aromatic carbocycles. The summed E-state index contributed by atoms with van der Waals surface area (Å²) in [4.78, 5) is 42.0. The summed E-state index contributed by atoms with van der Waals surface area (Å²) in [5.41, 5.74) is 5.79. The zero-order chi connectivity index (χ0) is 31.3. The van der Waals surface area contributed by atoms with Gasteiger partial charge in [0.15, 0.2) is 6.61 Å². The maximum atomic E-state index is 14.5. The summed E-state index contributed by atoms with van der Waals surface area (Å²) in [6, 6.07) is 22.5. The van der Waals surface area contributed by atoms with Crippen LogP contribution in [0.5, 0.6) is 5.75 Å². The van der Waals surface area contributed by atoms with Crippen LogP contribution in [0.1, 0.15) is 49.1 Å². The van der Waals surface area contributed by atoms with Gasteiger partial charge in [0.1, 0.15) is 5.75 Å². The average molecular weight is 612 g/mol. The number of ether oxygens (including phenoxy) is 2. The molecule has 2 aliphatic heterocycles. The van der Waals surface area contributed by atoms with Gasteiger partial charge in [0.05, 0.1) is 11.6 Å². The van der Waals surface area contributed by atoms with Crippen LogP contribution < -0.4 is 19.9 Å². The van der Waals surface area contributed by atoms with Gasteiger partial charge in [-0.05, 0) is 85.0 Å². The molecule has 2 atom stereocenters. The SMILES string of the molecule is COCCCN1C(=O)COc2ccc(N(C(=O)[C@H]3CNCC[C@@H]3c3cccc(-c4ccc(CCC(=O)O)cc4)c3)C3CC3)cc21. The molecule has 2 amide bonds. The van der Waals surface area contributed by atoms with Gasteiger partial charge in [-0.3, -0.25) is 14.4 Å². The summed E-state index contributed by atoms with van der Waals surface area (Å²) in [6.07, 6.45) is 4.09. The molecule has 3 aromatic rings. The van der Waals surface area contributed by atoms with E-state index < -0.39 is 5.97 Å². The fraction of sp³-hybridized carbons (Fsp3) is 0.417. The number of amides is 2. The number of anilines is 2. The third kappa shape index (κ3) is 7.05. The molecule has 0 radical (unpaired) electrons. The first-order valence-corrected chi connectivity index (χ1v) is 15.9. The van der Waals surface area contributed by atoms with Crippen molar-refractivity contribution in [3.63, 3.8) is 0 Å². The van der Waals surface area contributed by atoms with E-state index in [1.807, 2.05) is 47.4 Å². The van der Waals surface area contributed by atoms with Gasteiger partial charge in [-0.15, -0.1) is 0 Å². The lowest BCUT2D eigenvalue weighted by Crippen LogP contribution is -2.47. The summed E-state index contributed by atoms with van der Waals surface area (Å²) in [6.45, 7) is 2.54. The van der Waals surface area contributed by atoms with Crippen molar-refractivity contribution >= 4 is 29.2 Å². The van der Waals surface area contributed by atoms with Crippen molar-refractivity contribution in [2.75, 3.05) is 49.8 Å². The van der Waals surface area contributed by atoms with Gasteiger partial charge in [-0.25, -0.2) is 0 Å². The molecule has 2 fully saturated rings. The zero-order valence-electron chi connectivity index (χ0n) is 25.7. The van der Waals surface area contributed by atoms with Crippen LogP contribution in [-0.2, 0) is 25.5 Å². The number of carbonyl (C=O) groups is 3. The van der Waals surface area contributed by atoms with Gasteiger partial charge in [0, 0.05) is 45.0 Å². The number of nitrogens with zero attached hydrogens (tertiary/aromatic N) is 2. The van der Waals surface area contributed by atoms with E-state index in [4.69, 9.17) is 14.6 Å². The minimum absolute atomic E-state index is 0.00789. The smallest absolute Gasteiger partial charge is 0.303 e. The van der Waals surface area contributed by atoms with E-state index in [0.717, 1.165) is 53.7 Å². The third-order valence-corrected chi connectivity index (χ3v) is 9.07. The summed E-state index contributed by atoms with van der Waals surface area (Å²) >= 11 is 0. The fourth-order valence-corrected chi connectivity index (χ4v) is 6.56. The lowest BCUT2D eigenvalue weighted by Gasteiger charge is -2.36. The van der Waals surface area contributed by atoms with Crippen molar-refractivity contribution in [3.05, 3.63) is 77.9 Å². The zero-order valence-corrected chi connectivity index (χ0v) is 25.7. The van der Waals surface area contributed by atoms with E-state index in [2.05, 4.69) is 29.6 Å². The Morgan fingerprint density at radius 3 is 2.62 bits per heavy atom. The molecular formula is C36H41N3O6. The van der Waals surface area contributed by atoms with Crippen LogP contribution in [-0.4, -0.2) is 68.9 Å². The number of carboxylic acid groups (broad SMARTS) is 1. The lowest BCUT2D eigenvalue weighted by molar-refractivity contribution is -0.137. The fourth-order valence-electron chi connectivity index (χ4n) is 6.56. The number of fused-ring (bicyclic) bond motifs is 1. The first-order chi connectivity index (χ1) is 21.9. The van der Waals surface area contributed by atoms with Crippen LogP contribution in [0.3, 0.4) is 0 Å². The number of rotatable bonds is 12. The summed E-state index contributed by atoms with van der Waals surface area (Å²) in [7, 11) is 1.65. The van der Waals surface area contributed by atoms with Crippen molar-refractivity contribution in [3.8, 4) is 16.9 Å². The Labute approximate surface area is 264 Å².